The zero-order chi connectivity index (χ0) is 9.26. The van der Waals surface area contributed by atoms with Crippen LogP contribution in [0.2, 0.25) is 0 Å². The monoisotopic (exact) mass is 196 g/mol. The largest absolute Gasteiger partial charge is 0.326 e. The van der Waals surface area contributed by atoms with Crippen molar-refractivity contribution in [3.63, 3.8) is 0 Å². The Hall–Kier alpha value is -0.380. The van der Waals surface area contributed by atoms with Gasteiger partial charge in [0.1, 0.15) is 0 Å². The molecule has 1 aromatic rings. The first-order valence-electron chi connectivity index (χ1n) is 4.79. The number of rotatable bonds is 1. The van der Waals surface area contributed by atoms with Crippen LogP contribution in [0.4, 0.5) is 0 Å². The van der Waals surface area contributed by atoms with E-state index in [1.807, 2.05) is 11.3 Å². The summed E-state index contributed by atoms with van der Waals surface area (Å²) < 4.78 is 0. The van der Waals surface area contributed by atoms with E-state index in [1.54, 1.807) is 0 Å². The van der Waals surface area contributed by atoms with Crippen molar-refractivity contribution in [3.05, 3.63) is 22.4 Å². The molecule has 0 spiro atoms. The fourth-order valence-corrected chi connectivity index (χ4v) is 2.68. The fraction of sp³-hybridized carbons (Fsp3) is 0.600. The van der Waals surface area contributed by atoms with Gasteiger partial charge in [0, 0.05) is 29.4 Å². The molecular weight excluding hydrogens is 180 g/mol. The van der Waals surface area contributed by atoms with Gasteiger partial charge in [-0.3, -0.25) is 0 Å². The van der Waals surface area contributed by atoms with Gasteiger partial charge in [-0.25, -0.2) is 0 Å². The normalized spacial score (nSPS) is 34.8. The third-order valence-corrected chi connectivity index (χ3v) is 3.87. The lowest BCUT2D eigenvalue weighted by atomic mass is 9.90. The molecular formula is C10H16N2S. The van der Waals surface area contributed by atoms with E-state index in [4.69, 9.17) is 5.73 Å². The molecule has 3 heteroatoms. The Morgan fingerprint density at radius 3 is 3.08 bits per heavy atom. The van der Waals surface area contributed by atoms with Crippen LogP contribution >= 0.6 is 11.3 Å². The van der Waals surface area contributed by atoms with Crippen LogP contribution in [-0.2, 0) is 0 Å². The van der Waals surface area contributed by atoms with Crippen LogP contribution in [0.5, 0.6) is 0 Å². The molecule has 0 aromatic carbocycles. The molecule has 0 bridgehead atoms. The second-order valence-corrected chi connectivity index (χ2v) is 4.79. The smallest absolute Gasteiger partial charge is 0.0198 e. The third kappa shape index (κ3) is 1.93. The quantitative estimate of drug-likeness (QED) is 0.715. The lowest BCUT2D eigenvalue weighted by molar-refractivity contribution is 0.340. The highest BCUT2D eigenvalue weighted by Gasteiger charge is 2.25. The highest BCUT2D eigenvalue weighted by Crippen LogP contribution is 2.27. The van der Waals surface area contributed by atoms with Crippen molar-refractivity contribution >= 4 is 11.3 Å². The van der Waals surface area contributed by atoms with E-state index in [1.165, 1.54) is 4.88 Å². The molecule has 2 rings (SSSR count). The summed E-state index contributed by atoms with van der Waals surface area (Å²) in [5.74, 6) is 0.631. The average molecular weight is 196 g/mol. The molecule has 2 nitrogen and oxygen atoms in total. The highest BCUT2D eigenvalue weighted by molar-refractivity contribution is 7.10. The van der Waals surface area contributed by atoms with Gasteiger partial charge in [-0.1, -0.05) is 6.07 Å². The second kappa shape index (κ2) is 3.78. The summed E-state index contributed by atoms with van der Waals surface area (Å²) in [5, 5.41) is 5.59. The molecule has 1 fully saturated rings. The zero-order valence-corrected chi connectivity index (χ0v) is 8.68. The van der Waals surface area contributed by atoms with Gasteiger partial charge in [0.05, 0.1) is 0 Å². The van der Waals surface area contributed by atoms with Gasteiger partial charge in [-0.2, -0.15) is 0 Å². The number of hydrogen-bond donors (Lipinski definition) is 2. The summed E-state index contributed by atoms with van der Waals surface area (Å²) >= 11 is 1.84. The summed E-state index contributed by atoms with van der Waals surface area (Å²) in [6.45, 7) is 3.24. The fourth-order valence-electron chi connectivity index (χ4n) is 1.84. The van der Waals surface area contributed by atoms with Crippen LogP contribution in [0.1, 0.15) is 24.1 Å². The first kappa shape index (κ1) is 9.19. The van der Waals surface area contributed by atoms with Gasteiger partial charge in [-0.15, -0.1) is 11.3 Å². The molecule has 1 saturated heterocycles. The Balaban J connectivity index is 2.03. The van der Waals surface area contributed by atoms with Crippen molar-refractivity contribution in [1.82, 2.24) is 5.32 Å². The minimum Gasteiger partial charge on any atom is -0.326 e. The van der Waals surface area contributed by atoms with Crippen LogP contribution < -0.4 is 11.1 Å². The number of piperidine rings is 1. The number of nitrogens with one attached hydrogen (secondary N) is 1. The third-order valence-electron chi connectivity index (χ3n) is 2.83. The minimum atomic E-state index is 0.306. The molecule has 72 valence electrons. The van der Waals surface area contributed by atoms with E-state index in [0.29, 0.717) is 18.0 Å². The van der Waals surface area contributed by atoms with Crippen molar-refractivity contribution in [2.75, 3.05) is 6.54 Å². The molecule has 2 heterocycles. The van der Waals surface area contributed by atoms with Crippen molar-refractivity contribution in [2.24, 2.45) is 5.73 Å². The molecule has 0 amide bonds. The molecule has 0 radical (unpaired) electrons. The summed E-state index contributed by atoms with van der Waals surface area (Å²) in [6.07, 6.45) is 1.12. The van der Waals surface area contributed by atoms with Crippen molar-refractivity contribution in [1.29, 1.82) is 0 Å². The molecule has 3 atom stereocenters. The maximum absolute atomic E-state index is 6.02. The Morgan fingerprint density at radius 1 is 1.62 bits per heavy atom. The van der Waals surface area contributed by atoms with Gasteiger partial charge < -0.3 is 11.1 Å². The average Bonchev–Trinajstić information content (AvgIpc) is 2.62. The van der Waals surface area contributed by atoms with Crippen LogP contribution in [0.25, 0.3) is 0 Å². The molecule has 13 heavy (non-hydrogen) atoms. The lowest BCUT2D eigenvalue weighted by Gasteiger charge is -2.32. The zero-order valence-electron chi connectivity index (χ0n) is 7.86. The maximum Gasteiger partial charge on any atom is 0.0198 e. The molecule has 0 saturated carbocycles. The molecule has 0 aliphatic carbocycles. The first-order chi connectivity index (χ1) is 6.27. The molecule has 1 aromatic heterocycles. The van der Waals surface area contributed by atoms with Crippen LogP contribution in [-0.4, -0.2) is 18.6 Å². The topological polar surface area (TPSA) is 38.0 Å². The predicted molar refractivity (Wildman–Crippen MR) is 57.1 cm³/mol. The minimum absolute atomic E-state index is 0.306. The SMILES string of the molecule is CC1NCC(c2cccs2)CC1N. The summed E-state index contributed by atoms with van der Waals surface area (Å²) in [6, 6.07) is 5.10. The van der Waals surface area contributed by atoms with Gasteiger partial charge in [0.25, 0.3) is 0 Å². The van der Waals surface area contributed by atoms with Gasteiger partial charge in [-0.05, 0) is 24.8 Å². The van der Waals surface area contributed by atoms with E-state index in [2.05, 4.69) is 29.8 Å². The van der Waals surface area contributed by atoms with Gasteiger partial charge in [0.15, 0.2) is 0 Å². The lowest BCUT2D eigenvalue weighted by Crippen LogP contribution is -2.50. The summed E-state index contributed by atoms with van der Waals surface area (Å²) in [4.78, 5) is 1.47. The maximum atomic E-state index is 6.02. The molecule has 3 unspecified atom stereocenters. The summed E-state index contributed by atoms with van der Waals surface area (Å²) in [5.41, 5.74) is 6.02. The molecule has 3 N–H and O–H groups in total. The summed E-state index contributed by atoms with van der Waals surface area (Å²) in [7, 11) is 0. The van der Waals surface area contributed by atoms with Crippen molar-refractivity contribution in [2.45, 2.75) is 31.3 Å². The number of nitrogens with two attached hydrogens (primary N) is 1. The van der Waals surface area contributed by atoms with Crippen LogP contribution in [0.3, 0.4) is 0 Å². The number of hydrogen-bond acceptors (Lipinski definition) is 3. The standard InChI is InChI=1S/C10H16N2S/c1-7-9(11)5-8(6-12-7)10-3-2-4-13-10/h2-4,7-9,12H,5-6,11H2,1H3. The second-order valence-electron chi connectivity index (χ2n) is 3.81. The van der Waals surface area contributed by atoms with E-state index >= 15 is 0 Å². The van der Waals surface area contributed by atoms with E-state index < -0.39 is 0 Å². The van der Waals surface area contributed by atoms with Crippen LogP contribution in [0.15, 0.2) is 17.5 Å². The van der Waals surface area contributed by atoms with Crippen molar-refractivity contribution < 1.29 is 0 Å². The van der Waals surface area contributed by atoms with Gasteiger partial charge in [0.2, 0.25) is 0 Å². The van der Waals surface area contributed by atoms with E-state index in [0.717, 1.165) is 13.0 Å². The highest BCUT2D eigenvalue weighted by atomic mass is 32.1. The Morgan fingerprint density at radius 2 is 2.46 bits per heavy atom. The molecule has 1 aliphatic heterocycles. The van der Waals surface area contributed by atoms with Gasteiger partial charge >= 0.3 is 0 Å². The van der Waals surface area contributed by atoms with E-state index in [-0.39, 0.29) is 0 Å². The van der Waals surface area contributed by atoms with Crippen molar-refractivity contribution in [3.8, 4) is 0 Å². The first-order valence-corrected chi connectivity index (χ1v) is 5.67. The predicted octanol–water partition coefficient (Wildman–Crippen LogP) is 1.54. The van der Waals surface area contributed by atoms with E-state index in [9.17, 15) is 0 Å². The van der Waals surface area contributed by atoms with Crippen LogP contribution in [0, 0.1) is 0 Å². The molecule has 1 aliphatic rings. The Bertz CT molecular complexity index is 258. The Kier molecular flexibility index (Phi) is 2.67. The Labute approximate surface area is 83.1 Å². The number of thiophene rings is 1.